The molecule has 0 spiro atoms. The van der Waals surface area contributed by atoms with Crippen LogP contribution in [0.1, 0.15) is 65.7 Å². The average molecular weight is 850 g/mol. The number of hydrogen-bond acceptors (Lipinski definition) is 6. The van der Waals surface area contributed by atoms with E-state index in [2.05, 4.69) is 58.4 Å². The molecule has 0 radical (unpaired) electrons. The van der Waals surface area contributed by atoms with Gasteiger partial charge in [0.2, 0.25) is 0 Å². The van der Waals surface area contributed by atoms with Crippen molar-refractivity contribution in [3.05, 3.63) is 177 Å². The molecule has 2 aromatic heterocycles. The number of carboxylic acid groups (broad SMARTS) is 2. The first-order valence-electron chi connectivity index (χ1n) is 21.5. The molecule has 2 fully saturated rings. The average Bonchev–Trinajstić information content (AvgIpc) is 3.97. The number of piperidine rings is 1. The highest BCUT2D eigenvalue weighted by Crippen LogP contribution is 2.33. The van der Waals surface area contributed by atoms with Gasteiger partial charge in [0, 0.05) is 44.3 Å². The second kappa shape index (κ2) is 19.2. The van der Waals surface area contributed by atoms with E-state index in [9.17, 15) is 29.1 Å². The molecule has 9 rings (SSSR count). The Labute approximate surface area is 363 Å². The molecule has 2 aliphatic rings. The highest BCUT2D eigenvalue weighted by atomic mass is 16.4. The zero-order chi connectivity index (χ0) is 43.9. The maximum absolute atomic E-state index is 13.2. The standard InChI is InChI=1S/C29H32N4O3.C20H19N3O4/c34-28-30-24-14-7-8-15-25(24)33(28)27-17-19-32(29(35)36)26(27)16-9-18-31(20-22-10-3-1-4-11-22)21-23-12-5-2-6-13-23;24-18(14-6-2-1-3-7-14)23-17-9-5-4-8-16(17)22(19(23)25)15-10-12-21(13-11-15)20(26)27/h1-8,10-15,26-27H,9,16-21H2,(H,30,34)(H,35,36);1-9,15H,10-13H2,(H,26,27)/t26-,27?;/m0./s1. The van der Waals surface area contributed by atoms with Crippen LogP contribution in [0.5, 0.6) is 0 Å². The third kappa shape index (κ3) is 9.36. The lowest BCUT2D eigenvalue weighted by Crippen LogP contribution is -2.40. The molecular formula is C49H51N7O7. The molecule has 63 heavy (non-hydrogen) atoms. The van der Waals surface area contributed by atoms with E-state index in [1.807, 2.05) is 54.6 Å². The van der Waals surface area contributed by atoms with Gasteiger partial charge in [0.15, 0.2) is 0 Å². The molecule has 2 saturated heterocycles. The summed E-state index contributed by atoms with van der Waals surface area (Å²) in [6, 6.07) is 43.9. The number of rotatable bonds is 11. The Bertz CT molecular complexity index is 2750. The zero-order valence-electron chi connectivity index (χ0n) is 34.9. The first-order valence-corrected chi connectivity index (χ1v) is 21.5. The van der Waals surface area contributed by atoms with Crippen molar-refractivity contribution >= 4 is 40.2 Å². The third-order valence-corrected chi connectivity index (χ3v) is 12.3. The van der Waals surface area contributed by atoms with Gasteiger partial charge in [-0.05, 0) is 86.2 Å². The fourth-order valence-electron chi connectivity index (χ4n) is 9.29. The maximum atomic E-state index is 13.2. The summed E-state index contributed by atoms with van der Waals surface area (Å²) in [4.78, 5) is 70.5. The number of para-hydroxylation sites is 4. The lowest BCUT2D eigenvalue weighted by Gasteiger charge is -2.30. The number of fused-ring (bicyclic) bond motifs is 2. The van der Waals surface area contributed by atoms with Crippen LogP contribution < -0.4 is 11.4 Å². The van der Waals surface area contributed by atoms with Crippen molar-refractivity contribution in [3.63, 3.8) is 0 Å². The zero-order valence-corrected chi connectivity index (χ0v) is 34.9. The lowest BCUT2D eigenvalue weighted by atomic mass is 10.0. The number of aromatic amines is 1. The van der Waals surface area contributed by atoms with Crippen LogP contribution in [0, 0.1) is 0 Å². The van der Waals surface area contributed by atoms with Gasteiger partial charge in [-0.2, -0.15) is 0 Å². The van der Waals surface area contributed by atoms with E-state index in [4.69, 9.17) is 5.11 Å². The molecule has 2 amide bonds. The van der Waals surface area contributed by atoms with E-state index in [1.54, 1.807) is 45.5 Å². The molecule has 3 N–H and O–H groups in total. The molecule has 2 aliphatic heterocycles. The van der Waals surface area contributed by atoms with Crippen LogP contribution in [0.15, 0.2) is 149 Å². The van der Waals surface area contributed by atoms with Gasteiger partial charge in [0.25, 0.3) is 5.91 Å². The fourth-order valence-corrected chi connectivity index (χ4v) is 9.29. The maximum Gasteiger partial charge on any atom is 0.407 e. The number of likely N-dealkylation sites (tertiary alicyclic amines) is 2. The van der Waals surface area contributed by atoms with Gasteiger partial charge >= 0.3 is 23.6 Å². The van der Waals surface area contributed by atoms with Gasteiger partial charge in [-0.3, -0.25) is 18.8 Å². The molecule has 2 atom stereocenters. The van der Waals surface area contributed by atoms with Crippen LogP contribution >= 0.6 is 0 Å². The lowest BCUT2D eigenvalue weighted by molar-refractivity contribution is 0.0958. The molecule has 4 heterocycles. The minimum Gasteiger partial charge on any atom is -0.465 e. The summed E-state index contributed by atoms with van der Waals surface area (Å²) in [5.74, 6) is -0.362. The summed E-state index contributed by atoms with van der Waals surface area (Å²) in [7, 11) is 0. The Kier molecular flexibility index (Phi) is 13.0. The van der Waals surface area contributed by atoms with Crippen molar-refractivity contribution in [3.8, 4) is 0 Å². The van der Waals surface area contributed by atoms with Crippen molar-refractivity contribution < 1.29 is 24.6 Å². The van der Waals surface area contributed by atoms with Gasteiger partial charge in [-0.1, -0.05) is 103 Å². The molecule has 14 nitrogen and oxygen atoms in total. The Balaban J connectivity index is 0.000000180. The number of carbonyl (C=O) groups excluding carboxylic acids is 1. The van der Waals surface area contributed by atoms with E-state index in [1.165, 1.54) is 25.5 Å². The van der Waals surface area contributed by atoms with Gasteiger partial charge in [0.1, 0.15) is 0 Å². The van der Waals surface area contributed by atoms with Crippen LogP contribution in [0.25, 0.3) is 22.1 Å². The van der Waals surface area contributed by atoms with Crippen molar-refractivity contribution in [2.75, 3.05) is 26.2 Å². The van der Waals surface area contributed by atoms with Crippen LogP contribution in [-0.4, -0.2) is 93.9 Å². The summed E-state index contributed by atoms with van der Waals surface area (Å²) in [6.07, 6.45) is 1.39. The molecule has 7 aromatic rings. The Morgan fingerprint density at radius 1 is 0.619 bits per heavy atom. The van der Waals surface area contributed by atoms with Gasteiger partial charge < -0.3 is 25.0 Å². The van der Waals surface area contributed by atoms with Gasteiger partial charge in [-0.25, -0.2) is 23.7 Å². The van der Waals surface area contributed by atoms with Crippen LogP contribution in [0.2, 0.25) is 0 Å². The van der Waals surface area contributed by atoms with Crippen molar-refractivity contribution in [1.82, 2.24) is 33.4 Å². The Hall–Kier alpha value is -7.19. The number of nitrogens with zero attached hydrogens (tertiary/aromatic N) is 6. The summed E-state index contributed by atoms with van der Waals surface area (Å²) >= 11 is 0. The van der Waals surface area contributed by atoms with Gasteiger partial charge in [-0.15, -0.1) is 0 Å². The number of hydrogen-bond donors (Lipinski definition) is 3. The smallest absolute Gasteiger partial charge is 0.407 e. The number of benzene rings is 5. The van der Waals surface area contributed by atoms with E-state index in [0.29, 0.717) is 61.9 Å². The summed E-state index contributed by atoms with van der Waals surface area (Å²) in [6.45, 7) is 3.68. The molecular weight excluding hydrogens is 799 g/mol. The Morgan fingerprint density at radius 2 is 1.17 bits per heavy atom. The monoisotopic (exact) mass is 849 g/mol. The number of aromatic nitrogens is 4. The quantitative estimate of drug-likeness (QED) is 0.118. The number of H-pyrrole nitrogens is 1. The number of imidazole rings is 2. The summed E-state index contributed by atoms with van der Waals surface area (Å²) in [5.41, 5.74) is 5.29. The number of amides is 2. The van der Waals surface area contributed by atoms with Crippen LogP contribution in [0.4, 0.5) is 9.59 Å². The predicted octanol–water partition coefficient (Wildman–Crippen LogP) is 7.91. The van der Waals surface area contributed by atoms with Crippen molar-refractivity contribution in [1.29, 1.82) is 0 Å². The highest BCUT2D eigenvalue weighted by Gasteiger charge is 2.39. The Morgan fingerprint density at radius 3 is 1.78 bits per heavy atom. The van der Waals surface area contributed by atoms with E-state index >= 15 is 0 Å². The predicted molar refractivity (Wildman–Crippen MR) is 241 cm³/mol. The first kappa shape index (κ1) is 42.5. The molecule has 1 unspecified atom stereocenters. The molecule has 0 aliphatic carbocycles. The topological polar surface area (TPSA) is 166 Å². The number of carbonyl (C=O) groups is 3. The number of nitrogens with one attached hydrogen (secondary N) is 1. The minimum atomic E-state index is -0.942. The second-order valence-corrected chi connectivity index (χ2v) is 16.2. The SMILES string of the molecule is O=C(O)N1CCC(n2c(=O)[nH]c3ccccc32)[C@@H]1CCCN(Cc1ccccc1)Cc1ccccc1.O=C(O)N1CCC(n2c(=O)n(C(=O)c3ccccc3)c3ccccc32)CC1. The highest BCUT2D eigenvalue weighted by molar-refractivity contribution is 6.01. The van der Waals surface area contributed by atoms with E-state index in [-0.39, 0.29) is 35.4 Å². The van der Waals surface area contributed by atoms with E-state index < -0.39 is 12.2 Å². The molecule has 14 heteroatoms. The van der Waals surface area contributed by atoms with Crippen molar-refractivity contribution in [2.45, 2.75) is 63.3 Å². The molecule has 324 valence electrons. The summed E-state index contributed by atoms with van der Waals surface area (Å²) < 4.78 is 4.64. The minimum absolute atomic E-state index is 0.136. The largest absolute Gasteiger partial charge is 0.465 e. The second-order valence-electron chi connectivity index (χ2n) is 16.2. The van der Waals surface area contributed by atoms with E-state index in [0.717, 1.165) is 37.1 Å². The van der Waals surface area contributed by atoms with Gasteiger partial charge in [0.05, 0.1) is 34.2 Å². The fraction of sp³-hybridized carbons (Fsp3) is 0.286. The first-order chi connectivity index (χ1) is 30.7. The molecule has 0 bridgehead atoms. The van der Waals surface area contributed by atoms with Crippen LogP contribution in [0.3, 0.4) is 0 Å². The molecule has 0 saturated carbocycles. The van der Waals surface area contributed by atoms with Crippen molar-refractivity contribution in [2.24, 2.45) is 0 Å². The summed E-state index contributed by atoms with van der Waals surface area (Å²) in [5, 5.41) is 19.0. The normalized spacial score (nSPS) is 16.7. The molecule has 5 aromatic carbocycles. The third-order valence-electron chi connectivity index (χ3n) is 12.3. The van der Waals surface area contributed by atoms with Crippen LogP contribution in [-0.2, 0) is 13.1 Å².